The molecule has 4 rings (SSSR count). The number of likely N-dealkylation sites (tertiary alicyclic amines) is 1. The zero-order valence-electron chi connectivity index (χ0n) is 16.8. The van der Waals surface area contributed by atoms with Crippen LogP contribution in [0, 0.1) is 11.8 Å². The molecule has 29 heavy (non-hydrogen) atoms. The van der Waals surface area contributed by atoms with E-state index in [9.17, 15) is 4.79 Å². The molecule has 2 atom stereocenters. The Morgan fingerprint density at radius 3 is 2.21 bits per heavy atom. The molecule has 0 unspecified atom stereocenters. The van der Waals surface area contributed by atoms with E-state index in [0.29, 0.717) is 25.0 Å². The number of ether oxygens (including phenoxy) is 1. The lowest BCUT2D eigenvalue weighted by atomic mass is 9.79. The highest BCUT2D eigenvalue weighted by Gasteiger charge is 2.44. The Morgan fingerprint density at radius 2 is 1.55 bits per heavy atom. The summed E-state index contributed by atoms with van der Waals surface area (Å²) < 4.78 is 5.72. The Balaban J connectivity index is 1.49. The summed E-state index contributed by atoms with van der Waals surface area (Å²) in [5, 5.41) is 0. The van der Waals surface area contributed by atoms with Crippen molar-refractivity contribution in [1.82, 2.24) is 4.90 Å². The first-order chi connectivity index (χ1) is 14.2. The molecular formula is C25H29NO2S. The van der Waals surface area contributed by atoms with Gasteiger partial charge in [0.15, 0.2) is 0 Å². The summed E-state index contributed by atoms with van der Waals surface area (Å²) >= 11 is 5.93. The van der Waals surface area contributed by atoms with Gasteiger partial charge >= 0.3 is 5.97 Å². The molecule has 1 heterocycles. The van der Waals surface area contributed by atoms with Gasteiger partial charge in [-0.2, -0.15) is 0 Å². The van der Waals surface area contributed by atoms with Gasteiger partial charge in [0.2, 0.25) is 0 Å². The minimum absolute atomic E-state index is 0.148. The predicted molar refractivity (Wildman–Crippen MR) is 119 cm³/mol. The van der Waals surface area contributed by atoms with E-state index >= 15 is 0 Å². The molecule has 1 aliphatic heterocycles. The zero-order chi connectivity index (χ0) is 20.1. The van der Waals surface area contributed by atoms with Gasteiger partial charge in [-0.05, 0) is 36.3 Å². The average Bonchev–Trinajstić information content (AvgIpc) is 3.10. The number of hydrogen-bond donors (Lipinski definition) is 0. The number of esters is 1. The minimum Gasteiger partial charge on any atom is -0.459 e. The van der Waals surface area contributed by atoms with Crippen molar-refractivity contribution in [3.63, 3.8) is 0 Å². The number of carbonyl (C=O) groups is 1. The third-order valence-corrected chi connectivity index (χ3v) is 6.90. The van der Waals surface area contributed by atoms with E-state index in [1.165, 1.54) is 37.7 Å². The highest BCUT2D eigenvalue weighted by Crippen LogP contribution is 2.40. The monoisotopic (exact) mass is 407 g/mol. The molecule has 2 fully saturated rings. The van der Waals surface area contributed by atoms with E-state index in [1.54, 1.807) is 0 Å². The molecule has 1 saturated carbocycles. The van der Waals surface area contributed by atoms with Gasteiger partial charge < -0.3 is 9.64 Å². The predicted octanol–water partition coefficient (Wildman–Crippen LogP) is 5.53. The largest absolute Gasteiger partial charge is 0.459 e. The standard InChI is InChI=1S/C25H29NO2S/c27-25(28-18-20-12-6-2-7-13-20)23-16-22(21-14-8-3-9-15-21)24(29)26(23)17-19-10-4-1-5-11-19/h1-2,4-7,10-13,21-23H,3,8-9,14-18H2/t22-,23-/m0/s1. The van der Waals surface area contributed by atoms with Crippen LogP contribution in [-0.2, 0) is 22.7 Å². The molecule has 2 aliphatic rings. The molecule has 2 aromatic carbocycles. The first kappa shape index (κ1) is 20.1. The van der Waals surface area contributed by atoms with Crippen LogP contribution in [0.25, 0.3) is 0 Å². The van der Waals surface area contributed by atoms with Crippen LogP contribution in [0.5, 0.6) is 0 Å². The Morgan fingerprint density at radius 1 is 0.931 bits per heavy atom. The number of hydrogen-bond acceptors (Lipinski definition) is 3. The first-order valence-electron chi connectivity index (χ1n) is 10.8. The van der Waals surface area contributed by atoms with E-state index in [-0.39, 0.29) is 12.0 Å². The number of rotatable bonds is 6. The molecule has 0 aromatic heterocycles. The van der Waals surface area contributed by atoms with E-state index in [0.717, 1.165) is 17.0 Å². The summed E-state index contributed by atoms with van der Waals surface area (Å²) in [5.41, 5.74) is 2.19. The first-order valence-corrected chi connectivity index (χ1v) is 11.2. The summed E-state index contributed by atoms with van der Waals surface area (Å²) in [4.78, 5) is 16.2. The fraction of sp³-hybridized carbons (Fsp3) is 0.440. The van der Waals surface area contributed by atoms with Crippen LogP contribution in [0.3, 0.4) is 0 Å². The Hall–Kier alpha value is -2.20. The lowest BCUT2D eigenvalue weighted by Gasteiger charge is -2.28. The van der Waals surface area contributed by atoms with E-state index in [1.807, 2.05) is 48.5 Å². The van der Waals surface area contributed by atoms with Crippen molar-refractivity contribution in [3.8, 4) is 0 Å². The molecule has 2 aromatic rings. The van der Waals surface area contributed by atoms with Crippen molar-refractivity contribution in [3.05, 3.63) is 71.8 Å². The SMILES string of the molecule is O=C(OCc1ccccc1)[C@@H]1C[C@@H](C2CCCCC2)C(=S)N1Cc1ccccc1. The normalized spacial score (nSPS) is 22.6. The molecule has 152 valence electrons. The van der Waals surface area contributed by atoms with Gasteiger partial charge in [-0.15, -0.1) is 0 Å². The fourth-order valence-electron chi connectivity index (χ4n) is 4.78. The molecule has 0 amide bonds. The lowest BCUT2D eigenvalue weighted by molar-refractivity contribution is -0.149. The second kappa shape index (κ2) is 9.53. The number of thiocarbonyl (C=S) groups is 1. The topological polar surface area (TPSA) is 29.5 Å². The molecule has 0 spiro atoms. The quantitative estimate of drug-likeness (QED) is 0.465. The lowest BCUT2D eigenvalue weighted by Crippen LogP contribution is -2.39. The molecule has 0 radical (unpaired) electrons. The Bertz CT molecular complexity index is 817. The van der Waals surface area contributed by atoms with E-state index < -0.39 is 0 Å². The van der Waals surface area contributed by atoms with E-state index in [4.69, 9.17) is 17.0 Å². The van der Waals surface area contributed by atoms with Crippen molar-refractivity contribution in [2.45, 2.75) is 57.7 Å². The maximum atomic E-state index is 13.1. The molecule has 1 saturated heterocycles. The maximum Gasteiger partial charge on any atom is 0.329 e. The van der Waals surface area contributed by atoms with Crippen molar-refractivity contribution in [2.24, 2.45) is 11.8 Å². The summed E-state index contributed by atoms with van der Waals surface area (Å²) in [6, 6.07) is 19.9. The third kappa shape index (κ3) is 4.87. The Kier molecular flexibility index (Phi) is 6.60. The van der Waals surface area contributed by atoms with Gasteiger partial charge in [0, 0.05) is 12.5 Å². The second-order valence-corrected chi connectivity index (χ2v) is 8.72. The van der Waals surface area contributed by atoms with Gasteiger partial charge in [0.1, 0.15) is 12.6 Å². The second-order valence-electron chi connectivity index (χ2n) is 8.30. The molecule has 0 N–H and O–H groups in total. The van der Waals surface area contributed by atoms with Crippen molar-refractivity contribution < 1.29 is 9.53 Å². The van der Waals surface area contributed by atoms with Crippen LogP contribution in [0.15, 0.2) is 60.7 Å². The van der Waals surface area contributed by atoms with Crippen LogP contribution in [0.2, 0.25) is 0 Å². The third-order valence-electron chi connectivity index (χ3n) is 6.36. The molecular weight excluding hydrogens is 378 g/mol. The summed E-state index contributed by atoms with van der Waals surface area (Å²) in [6.45, 7) is 0.990. The van der Waals surface area contributed by atoms with Crippen LogP contribution in [0.1, 0.15) is 49.7 Å². The number of carbonyl (C=O) groups excluding carboxylic acids is 1. The van der Waals surface area contributed by atoms with Crippen molar-refractivity contribution >= 4 is 23.2 Å². The summed E-state index contributed by atoms with van der Waals surface area (Å²) in [5.74, 6) is 0.787. The number of nitrogens with zero attached hydrogens (tertiary/aromatic N) is 1. The molecule has 4 heteroatoms. The van der Waals surface area contributed by atoms with Gasteiger partial charge in [0.25, 0.3) is 0 Å². The molecule has 3 nitrogen and oxygen atoms in total. The van der Waals surface area contributed by atoms with Crippen LogP contribution >= 0.6 is 12.2 Å². The smallest absolute Gasteiger partial charge is 0.329 e. The summed E-state index contributed by atoms with van der Waals surface area (Å²) in [7, 11) is 0. The van der Waals surface area contributed by atoms with Gasteiger partial charge in [-0.25, -0.2) is 4.79 Å². The van der Waals surface area contributed by atoms with Crippen LogP contribution in [-0.4, -0.2) is 21.9 Å². The van der Waals surface area contributed by atoms with Crippen LogP contribution < -0.4 is 0 Å². The van der Waals surface area contributed by atoms with Gasteiger partial charge in [-0.3, -0.25) is 0 Å². The average molecular weight is 408 g/mol. The summed E-state index contributed by atoms with van der Waals surface area (Å²) in [6.07, 6.45) is 7.15. The highest BCUT2D eigenvalue weighted by atomic mass is 32.1. The van der Waals surface area contributed by atoms with Gasteiger partial charge in [-0.1, -0.05) is 92.1 Å². The van der Waals surface area contributed by atoms with Gasteiger partial charge in [0.05, 0.1) is 4.99 Å². The molecule has 0 bridgehead atoms. The Labute approximate surface area is 179 Å². The fourth-order valence-corrected chi connectivity index (χ4v) is 5.26. The van der Waals surface area contributed by atoms with Crippen molar-refractivity contribution in [2.75, 3.05) is 0 Å². The number of benzene rings is 2. The zero-order valence-corrected chi connectivity index (χ0v) is 17.7. The minimum atomic E-state index is -0.279. The van der Waals surface area contributed by atoms with E-state index in [2.05, 4.69) is 17.0 Å². The van der Waals surface area contributed by atoms with Crippen molar-refractivity contribution in [1.29, 1.82) is 0 Å². The molecule has 1 aliphatic carbocycles. The maximum absolute atomic E-state index is 13.1. The van der Waals surface area contributed by atoms with Crippen LogP contribution in [0.4, 0.5) is 0 Å². The highest BCUT2D eigenvalue weighted by molar-refractivity contribution is 7.80.